The number of benzene rings is 13. The molecule has 6 aromatic heterocycles. The summed E-state index contributed by atoms with van der Waals surface area (Å²) in [7, 11) is -7.32. The van der Waals surface area contributed by atoms with E-state index in [4.69, 9.17) is 9.31 Å². The van der Waals surface area contributed by atoms with Crippen molar-refractivity contribution in [3.05, 3.63) is 264 Å². The summed E-state index contributed by atoms with van der Waals surface area (Å²) in [6.07, 6.45) is 0. The normalized spacial score (nSPS) is 15.5. The fraction of sp³-hybridized carbons (Fsp3) is 0.0714. The van der Waals surface area contributed by atoms with Gasteiger partial charge in [0.15, 0.2) is 0 Å². The van der Waals surface area contributed by atoms with Crippen LogP contribution in [0.3, 0.4) is 0 Å². The van der Waals surface area contributed by atoms with E-state index in [1.54, 1.807) is 36.4 Å². The van der Waals surface area contributed by atoms with Gasteiger partial charge in [-0.2, -0.15) is 0 Å². The second-order valence-electron chi connectivity index (χ2n) is 27.2. The Labute approximate surface area is 586 Å². The monoisotopic (exact) mass is 1450 g/mol. The van der Waals surface area contributed by atoms with Crippen molar-refractivity contribution >= 4 is 178 Å². The summed E-state index contributed by atoms with van der Waals surface area (Å²) >= 11 is 6.73. The number of fused-ring (bicyclic) bond motifs is 24. The fourth-order valence-electron chi connectivity index (χ4n) is 16.2. The highest BCUT2D eigenvalue weighted by atomic mass is 79.9. The van der Waals surface area contributed by atoms with Gasteiger partial charge in [0.05, 0.1) is 80.4 Å². The minimum atomic E-state index is -3.64. The molecule has 19 aromatic rings. The van der Waals surface area contributed by atoms with Crippen LogP contribution in [0.25, 0.3) is 159 Å². The molecule has 480 valence electrons. The van der Waals surface area contributed by atoms with E-state index < -0.39 is 19.7 Å². The molecule has 22 rings (SSSR count). The second kappa shape index (κ2) is 21.0. The zero-order valence-corrected chi connectivity index (χ0v) is 58.4. The van der Waals surface area contributed by atoms with Crippen LogP contribution in [0.1, 0.15) is 29.1 Å². The standard InChI is InChI=1S/C48H26N2O2S.C24H22BNO2.C12H6Br2O2S.FH.H/c51-53(52)45-21-17-29(27-15-19-43-37(23-27)35-11-5-9-33-31-7-1-3-13-41(31)49(43)47(33)35)25-39(45)40-26-30(18-22-46(40)53)28-16-20-44-38(24-28)36-12-6-10-34-32-8-2-4-14-42(32)50(44)48(34)36;1-23(2)24(3,4)28-25(27-23)15-12-13-21-19(14-15)18-10-7-9-17-16-8-5-6-11-20(16)26(21)22(17)18;13-7-1-3-11-9(5-7)10-6-8(14)2-4-12(10)17(11,15)16;;/h1-26H;5-14H,1-4H3;1-6H;1H;/q;;;;-1. The fourth-order valence-corrected chi connectivity index (χ4v) is 20.3. The lowest BCUT2D eigenvalue weighted by molar-refractivity contribution is 0.00578. The summed E-state index contributed by atoms with van der Waals surface area (Å²) in [6, 6.07) is 87.5. The van der Waals surface area contributed by atoms with Gasteiger partial charge in [0, 0.05) is 95.8 Å². The van der Waals surface area contributed by atoms with E-state index in [9.17, 15) is 16.8 Å². The SMILES string of the molecule is CC1(C)OB(c2ccc3c(c2)c2cccc4c5ccccc5n3c42)OC1(C)C.F.O=S1(=O)c2ccc(-c3ccc4c(c3)c3cccc5c6ccccc6n4c53)cc2-c2cc(-c3ccc4c(c3)c3cccc5c6ccccc6n4c53)ccc21.O=S1(=O)c2ccc(Br)cc2-c2cc(Br)ccc21.[H-]. The topological polar surface area (TPSA) is 100.0 Å². The lowest BCUT2D eigenvalue weighted by Crippen LogP contribution is -2.41. The third-order valence-electron chi connectivity index (χ3n) is 21.5. The smallest absolute Gasteiger partial charge is 0.494 e. The number of para-hydroxylation sites is 6. The zero-order chi connectivity index (χ0) is 66.2. The molecule has 0 bridgehead atoms. The Bertz CT molecular complexity index is 6680. The minimum Gasteiger partial charge on any atom is -1.00 e. The molecule has 3 aliphatic heterocycles. The van der Waals surface area contributed by atoms with Gasteiger partial charge in [-0.1, -0.05) is 177 Å². The Kier molecular flexibility index (Phi) is 12.8. The number of halogens is 3. The Hall–Kier alpha value is -9.97. The van der Waals surface area contributed by atoms with E-state index in [2.05, 4.69) is 267 Å². The molecular formula is C84H56BBr2FN3O6S2-. The molecule has 0 unspecified atom stereocenters. The first kappa shape index (κ1) is 60.2. The van der Waals surface area contributed by atoms with Crippen LogP contribution in [0, 0.1) is 0 Å². The third kappa shape index (κ3) is 8.37. The summed E-state index contributed by atoms with van der Waals surface area (Å²) in [5.41, 5.74) is 18.6. The molecule has 9 heterocycles. The molecule has 0 atom stereocenters. The molecule has 99 heavy (non-hydrogen) atoms. The van der Waals surface area contributed by atoms with E-state index in [1.807, 2.05) is 24.3 Å². The average Bonchev–Trinajstić information content (AvgIpc) is 1.55. The van der Waals surface area contributed by atoms with Crippen molar-refractivity contribution in [3.8, 4) is 44.5 Å². The average molecular weight is 1460 g/mol. The van der Waals surface area contributed by atoms with Gasteiger partial charge >= 0.3 is 7.12 Å². The molecule has 0 aliphatic carbocycles. The van der Waals surface area contributed by atoms with Crippen LogP contribution in [0.4, 0.5) is 4.70 Å². The number of aromatic nitrogens is 3. The van der Waals surface area contributed by atoms with Crippen molar-refractivity contribution in [1.29, 1.82) is 0 Å². The maximum atomic E-state index is 13.9. The van der Waals surface area contributed by atoms with E-state index in [-0.39, 0.29) is 24.5 Å². The molecule has 1 saturated heterocycles. The molecule has 15 heteroatoms. The quantitative estimate of drug-likeness (QED) is 0.163. The maximum Gasteiger partial charge on any atom is 0.494 e. The van der Waals surface area contributed by atoms with Gasteiger partial charge in [-0.25, -0.2) is 16.8 Å². The number of rotatable bonds is 3. The summed E-state index contributed by atoms with van der Waals surface area (Å²) in [5.74, 6) is 0. The van der Waals surface area contributed by atoms with Crippen molar-refractivity contribution in [2.45, 2.75) is 58.5 Å². The summed E-state index contributed by atoms with van der Waals surface area (Å²) < 4.78 is 73.8. The second-order valence-corrected chi connectivity index (χ2v) is 32.8. The molecule has 9 nitrogen and oxygen atoms in total. The Morgan fingerprint density at radius 3 is 0.980 bits per heavy atom. The first-order valence-electron chi connectivity index (χ1n) is 32.7. The van der Waals surface area contributed by atoms with Gasteiger partial charge in [0.25, 0.3) is 0 Å². The molecule has 3 aliphatic rings. The predicted octanol–water partition coefficient (Wildman–Crippen LogP) is 21.6. The van der Waals surface area contributed by atoms with Crippen LogP contribution in [0.2, 0.25) is 0 Å². The molecule has 0 spiro atoms. The highest BCUT2D eigenvalue weighted by Crippen LogP contribution is 2.50. The molecular weight excluding hydrogens is 1400 g/mol. The van der Waals surface area contributed by atoms with E-state index in [1.165, 1.54) is 114 Å². The van der Waals surface area contributed by atoms with E-state index in [0.29, 0.717) is 19.6 Å². The van der Waals surface area contributed by atoms with Crippen LogP contribution >= 0.6 is 31.9 Å². The van der Waals surface area contributed by atoms with Crippen LogP contribution in [0.5, 0.6) is 0 Å². The largest absolute Gasteiger partial charge is 1.00 e. The Morgan fingerprint density at radius 2 is 0.596 bits per heavy atom. The van der Waals surface area contributed by atoms with Gasteiger partial charge in [-0.05, 0) is 165 Å². The van der Waals surface area contributed by atoms with Crippen molar-refractivity contribution in [1.82, 2.24) is 13.2 Å². The highest BCUT2D eigenvalue weighted by Gasteiger charge is 2.52. The van der Waals surface area contributed by atoms with Crippen LogP contribution in [0.15, 0.2) is 283 Å². The van der Waals surface area contributed by atoms with Crippen molar-refractivity contribution in [2.24, 2.45) is 0 Å². The molecule has 1 fully saturated rings. The number of nitrogens with zero attached hydrogens (tertiary/aromatic N) is 3. The van der Waals surface area contributed by atoms with Gasteiger partial charge in [0.1, 0.15) is 0 Å². The van der Waals surface area contributed by atoms with Crippen LogP contribution in [-0.2, 0) is 29.0 Å². The third-order valence-corrected chi connectivity index (χ3v) is 26.2. The van der Waals surface area contributed by atoms with Crippen molar-refractivity contribution in [2.75, 3.05) is 0 Å². The minimum absolute atomic E-state index is 0. The van der Waals surface area contributed by atoms with E-state index >= 15 is 0 Å². The lowest BCUT2D eigenvalue weighted by Gasteiger charge is -2.32. The maximum absolute atomic E-state index is 13.9. The van der Waals surface area contributed by atoms with Gasteiger partial charge in [-0.15, -0.1) is 0 Å². The molecule has 0 radical (unpaired) electrons. The Morgan fingerprint density at radius 1 is 0.313 bits per heavy atom. The lowest BCUT2D eigenvalue weighted by atomic mass is 9.78. The number of hydrogen-bond donors (Lipinski definition) is 0. The van der Waals surface area contributed by atoms with Crippen molar-refractivity contribution < 1.29 is 32.3 Å². The zero-order valence-electron chi connectivity index (χ0n) is 54.6. The van der Waals surface area contributed by atoms with E-state index in [0.717, 1.165) is 58.9 Å². The Balaban J connectivity index is 0.000000127. The summed E-state index contributed by atoms with van der Waals surface area (Å²) in [5, 5.41) is 15.0. The predicted molar refractivity (Wildman–Crippen MR) is 411 cm³/mol. The number of hydrogen-bond acceptors (Lipinski definition) is 6. The van der Waals surface area contributed by atoms with Crippen LogP contribution < -0.4 is 5.46 Å². The van der Waals surface area contributed by atoms with Gasteiger partial charge in [0.2, 0.25) is 19.7 Å². The van der Waals surface area contributed by atoms with Crippen molar-refractivity contribution in [3.63, 3.8) is 0 Å². The summed E-state index contributed by atoms with van der Waals surface area (Å²) in [6.45, 7) is 8.38. The molecule has 13 aromatic carbocycles. The number of sulfone groups is 2. The molecule has 0 N–H and O–H groups in total. The highest BCUT2D eigenvalue weighted by molar-refractivity contribution is 9.10. The first-order valence-corrected chi connectivity index (χ1v) is 37.2. The van der Waals surface area contributed by atoms with Gasteiger partial charge in [-0.3, -0.25) is 4.70 Å². The first-order chi connectivity index (χ1) is 47.4. The molecule has 0 amide bonds. The van der Waals surface area contributed by atoms with Gasteiger partial charge < -0.3 is 23.9 Å². The molecule has 0 saturated carbocycles. The summed E-state index contributed by atoms with van der Waals surface area (Å²) in [4.78, 5) is 1.50. The van der Waals surface area contributed by atoms with Crippen LogP contribution in [-0.4, -0.2) is 48.4 Å².